The van der Waals surface area contributed by atoms with Crippen molar-refractivity contribution in [1.82, 2.24) is 20.9 Å². The van der Waals surface area contributed by atoms with Gasteiger partial charge in [-0.05, 0) is 38.2 Å². The van der Waals surface area contributed by atoms with Crippen LogP contribution in [0.5, 0.6) is 0 Å². The van der Waals surface area contributed by atoms with Gasteiger partial charge in [0.1, 0.15) is 30.0 Å². The lowest BCUT2D eigenvalue weighted by atomic mass is 9.90. The van der Waals surface area contributed by atoms with Crippen LogP contribution in [0.15, 0.2) is 30.3 Å². The Balaban J connectivity index is 2.11. The second-order valence-electron chi connectivity index (χ2n) is 13.7. The minimum Gasteiger partial charge on any atom is -0.444 e. The number of alkyl carbamates (subject to hydrolysis) is 1. The predicted molar refractivity (Wildman–Crippen MR) is 181 cm³/mol. The lowest BCUT2D eigenvalue weighted by Gasteiger charge is -2.39. The zero-order valence-electron chi connectivity index (χ0n) is 30.5. The van der Waals surface area contributed by atoms with Crippen LogP contribution in [0.2, 0.25) is 0 Å². The molecule has 1 fully saturated rings. The van der Waals surface area contributed by atoms with E-state index in [0.717, 1.165) is 5.56 Å². The van der Waals surface area contributed by atoms with Crippen LogP contribution in [0.25, 0.3) is 0 Å². The number of hydrogen-bond acceptors (Lipinski definition) is 9. The SMILES string of the molecule is CC[C@H](C)C([C@@H](CC(=O)NC[C@H]1OC(C(=O)NCc2ccccc2)[C@@H](OC)[C@@H]1OC)OC)N(C)C(=O)[C@@H](NC(=O)OC(C)(C)C)C(C)C. The highest BCUT2D eigenvalue weighted by molar-refractivity contribution is 5.86. The number of hydrogen-bond donors (Lipinski definition) is 3. The van der Waals surface area contributed by atoms with Crippen molar-refractivity contribution in [2.75, 3.05) is 34.9 Å². The molecule has 0 spiro atoms. The van der Waals surface area contributed by atoms with Gasteiger partial charge in [0.15, 0.2) is 6.10 Å². The van der Waals surface area contributed by atoms with Crippen LogP contribution in [0.1, 0.15) is 66.9 Å². The molecule has 1 aromatic rings. The maximum atomic E-state index is 13.8. The number of carbonyl (C=O) groups is 4. The van der Waals surface area contributed by atoms with Crippen molar-refractivity contribution in [3.05, 3.63) is 35.9 Å². The molecule has 1 heterocycles. The van der Waals surface area contributed by atoms with E-state index in [1.165, 1.54) is 21.3 Å². The smallest absolute Gasteiger partial charge is 0.408 e. The molecule has 4 amide bonds. The van der Waals surface area contributed by atoms with Crippen LogP contribution in [-0.2, 0) is 44.6 Å². The Morgan fingerprint density at radius 1 is 0.958 bits per heavy atom. The molecule has 1 aliphatic heterocycles. The molecular formula is C35H58N4O9. The number of likely N-dealkylation sites (N-methyl/N-ethyl adjacent to an activating group) is 1. The number of amides is 4. The summed E-state index contributed by atoms with van der Waals surface area (Å²) >= 11 is 0. The highest BCUT2D eigenvalue weighted by atomic mass is 16.6. The van der Waals surface area contributed by atoms with E-state index in [1.807, 2.05) is 58.0 Å². The van der Waals surface area contributed by atoms with Gasteiger partial charge in [0, 0.05) is 41.5 Å². The van der Waals surface area contributed by atoms with E-state index in [4.69, 9.17) is 23.7 Å². The molecule has 2 rings (SSSR count). The predicted octanol–water partition coefficient (Wildman–Crippen LogP) is 3.04. The third kappa shape index (κ3) is 11.7. The molecule has 1 saturated heterocycles. The van der Waals surface area contributed by atoms with Gasteiger partial charge in [-0.25, -0.2) is 4.79 Å². The molecule has 13 nitrogen and oxygen atoms in total. The molecule has 0 bridgehead atoms. The fourth-order valence-corrected chi connectivity index (χ4v) is 5.90. The maximum Gasteiger partial charge on any atom is 0.408 e. The zero-order chi connectivity index (χ0) is 36.2. The van der Waals surface area contributed by atoms with Gasteiger partial charge in [0.05, 0.1) is 18.6 Å². The van der Waals surface area contributed by atoms with E-state index in [0.29, 0.717) is 13.0 Å². The number of rotatable bonds is 17. The van der Waals surface area contributed by atoms with Gasteiger partial charge in [0.25, 0.3) is 5.91 Å². The van der Waals surface area contributed by atoms with E-state index in [9.17, 15) is 19.2 Å². The summed E-state index contributed by atoms with van der Waals surface area (Å²) in [6.45, 7) is 13.3. The fourth-order valence-electron chi connectivity index (χ4n) is 5.90. The topological polar surface area (TPSA) is 154 Å². The molecule has 3 N–H and O–H groups in total. The quantitative estimate of drug-likeness (QED) is 0.226. The van der Waals surface area contributed by atoms with Gasteiger partial charge in [-0.2, -0.15) is 0 Å². The Bertz CT molecular complexity index is 1180. The Hall–Kier alpha value is -3.26. The van der Waals surface area contributed by atoms with Gasteiger partial charge in [-0.1, -0.05) is 64.4 Å². The Morgan fingerprint density at radius 2 is 1.58 bits per heavy atom. The largest absolute Gasteiger partial charge is 0.444 e. The Kier molecular flexibility index (Phi) is 16.2. The van der Waals surface area contributed by atoms with Crippen molar-refractivity contribution < 1.29 is 42.9 Å². The fraction of sp³-hybridized carbons (Fsp3) is 0.714. The maximum absolute atomic E-state index is 13.8. The summed E-state index contributed by atoms with van der Waals surface area (Å²) in [5.74, 6) is -1.25. The lowest BCUT2D eigenvalue weighted by Crippen LogP contribution is -2.57. The number of methoxy groups -OCH3 is 3. The number of benzene rings is 1. The summed E-state index contributed by atoms with van der Waals surface area (Å²) in [5, 5.41) is 8.51. The van der Waals surface area contributed by atoms with Crippen LogP contribution in [0, 0.1) is 11.8 Å². The summed E-state index contributed by atoms with van der Waals surface area (Å²) in [4.78, 5) is 54.4. The summed E-state index contributed by atoms with van der Waals surface area (Å²) in [7, 11) is 6.17. The molecule has 272 valence electrons. The highest BCUT2D eigenvalue weighted by Crippen LogP contribution is 2.27. The third-order valence-electron chi connectivity index (χ3n) is 8.62. The van der Waals surface area contributed by atoms with E-state index >= 15 is 0 Å². The van der Waals surface area contributed by atoms with Crippen LogP contribution in [0.3, 0.4) is 0 Å². The standard InChI is InChI=1S/C35H58N4O9/c1-12-22(4)28(39(8)33(42)27(21(2)3)38-34(43)48-35(5,6)7)24(44-9)18-26(40)36-20-25-29(45-10)30(46-11)31(47-25)32(41)37-19-23-16-14-13-15-17-23/h13-17,21-22,24-25,27-31H,12,18-20H2,1-11H3,(H,36,40)(H,37,41)(H,38,43)/t22-,24+,25+,27-,28?,29+,30-,31?/m0/s1. The van der Waals surface area contributed by atoms with Crippen LogP contribution < -0.4 is 16.0 Å². The number of carbonyl (C=O) groups excluding carboxylic acids is 4. The molecular weight excluding hydrogens is 620 g/mol. The first-order chi connectivity index (χ1) is 22.6. The zero-order valence-corrected chi connectivity index (χ0v) is 30.5. The Morgan fingerprint density at radius 3 is 2.10 bits per heavy atom. The Labute approximate surface area is 286 Å². The normalized spacial score (nSPS) is 21.9. The second-order valence-corrected chi connectivity index (χ2v) is 13.7. The van der Waals surface area contributed by atoms with Crippen molar-refractivity contribution in [2.24, 2.45) is 11.8 Å². The first kappa shape index (κ1) is 40.9. The van der Waals surface area contributed by atoms with Crippen LogP contribution in [-0.4, -0.2) is 112 Å². The number of nitrogens with zero attached hydrogens (tertiary/aromatic N) is 1. The monoisotopic (exact) mass is 678 g/mol. The van der Waals surface area contributed by atoms with Crippen molar-refractivity contribution >= 4 is 23.8 Å². The number of ether oxygens (including phenoxy) is 5. The van der Waals surface area contributed by atoms with Crippen molar-refractivity contribution in [2.45, 2.75) is 116 Å². The number of nitrogens with one attached hydrogen (secondary N) is 3. The minimum atomic E-state index is -0.935. The van der Waals surface area contributed by atoms with Gasteiger partial charge in [-0.3, -0.25) is 14.4 Å². The first-order valence-electron chi connectivity index (χ1n) is 16.7. The minimum absolute atomic E-state index is 0.0420. The van der Waals surface area contributed by atoms with Crippen molar-refractivity contribution in [3.63, 3.8) is 0 Å². The summed E-state index contributed by atoms with van der Waals surface area (Å²) < 4.78 is 28.6. The lowest BCUT2D eigenvalue weighted by molar-refractivity contribution is -0.142. The van der Waals surface area contributed by atoms with E-state index in [2.05, 4.69) is 16.0 Å². The summed E-state index contributed by atoms with van der Waals surface area (Å²) in [6.07, 6.45) is -3.55. The molecule has 0 aromatic heterocycles. The van der Waals surface area contributed by atoms with Crippen LogP contribution >= 0.6 is 0 Å². The first-order valence-corrected chi connectivity index (χ1v) is 16.7. The van der Waals surface area contributed by atoms with Gasteiger partial charge < -0.3 is 44.5 Å². The third-order valence-corrected chi connectivity index (χ3v) is 8.62. The van der Waals surface area contributed by atoms with Gasteiger partial charge in [-0.15, -0.1) is 0 Å². The molecule has 2 unspecified atom stereocenters. The molecule has 48 heavy (non-hydrogen) atoms. The summed E-state index contributed by atoms with van der Waals surface area (Å²) in [6, 6.07) is 8.19. The van der Waals surface area contributed by atoms with E-state index < -0.39 is 54.3 Å². The molecule has 0 saturated carbocycles. The van der Waals surface area contributed by atoms with Crippen molar-refractivity contribution in [3.8, 4) is 0 Å². The molecule has 1 aliphatic rings. The van der Waals surface area contributed by atoms with Gasteiger partial charge >= 0.3 is 6.09 Å². The molecule has 0 radical (unpaired) electrons. The molecule has 1 aromatic carbocycles. The van der Waals surface area contributed by atoms with Crippen LogP contribution in [0.4, 0.5) is 4.79 Å². The van der Waals surface area contributed by atoms with Gasteiger partial charge in [0.2, 0.25) is 11.8 Å². The average molecular weight is 679 g/mol. The second kappa shape index (κ2) is 19.1. The van der Waals surface area contributed by atoms with E-state index in [-0.39, 0.29) is 42.5 Å². The molecule has 0 aliphatic carbocycles. The van der Waals surface area contributed by atoms with Crippen molar-refractivity contribution in [1.29, 1.82) is 0 Å². The summed E-state index contributed by atoms with van der Waals surface area (Å²) in [5.41, 5.74) is 0.223. The highest BCUT2D eigenvalue weighted by Gasteiger charge is 2.48. The average Bonchev–Trinajstić information content (AvgIpc) is 3.41. The molecule has 13 heteroatoms. The van der Waals surface area contributed by atoms with E-state index in [1.54, 1.807) is 32.7 Å². The molecule has 8 atom stereocenters.